The second-order valence-corrected chi connectivity index (χ2v) is 5.82. The van der Waals surface area contributed by atoms with Gasteiger partial charge in [-0.1, -0.05) is 24.1 Å². The largest absolute Gasteiger partial charge is 0.309 e. The molecule has 130 valence electrons. The first-order chi connectivity index (χ1) is 12.6. The molecule has 0 atom stereocenters. The van der Waals surface area contributed by atoms with Crippen molar-refractivity contribution in [3.05, 3.63) is 76.6 Å². The van der Waals surface area contributed by atoms with E-state index in [2.05, 4.69) is 11.8 Å². The molecule has 0 aliphatic carbocycles. The van der Waals surface area contributed by atoms with Crippen LogP contribution in [-0.2, 0) is 11.3 Å². The molecule has 26 heavy (non-hydrogen) atoms. The number of nitrogens with zero attached hydrogens (tertiary/aromatic N) is 2. The van der Waals surface area contributed by atoms with Gasteiger partial charge in [-0.25, -0.2) is 0 Å². The molecule has 0 aliphatic rings. The molecule has 0 unspecified atom stereocenters. The standard InChI is InChI=1S/C22H20N2O2/c1-3-23(21(25)14-10-17-8-6-5-7-9-17)19-12-13-20-18(16-19)11-15-22(26)24(20)4-2/h5-9,11-13,15-16H,3-4H2,1-2H3. The summed E-state index contributed by atoms with van der Waals surface area (Å²) in [5, 5.41) is 0.922. The van der Waals surface area contributed by atoms with E-state index in [9.17, 15) is 9.59 Å². The fraction of sp³-hybridized carbons (Fsp3) is 0.182. The third kappa shape index (κ3) is 3.52. The highest BCUT2D eigenvalue weighted by molar-refractivity contribution is 6.07. The van der Waals surface area contributed by atoms with Crippen LogP contribution < -0.4 is 10.5 Å². The van der Waals surface area contributed by atoms with Gasteiger partial charge in [0.1, 0.15) is 0 Å². The first-order valence-electron chi connectivity index (χ1n) is 8.66. The van der Waals surface area contributed by atoms with Gasteiger partial charge in [-0.3, -0.25) is 9.59 Å². The van der Waals surface area contributed by atoms with Crippen molar-refractivity contribution in [2.24, 2.45) is 0 Å². The lowest BCUT2D eigenvalue weighted by Gasteiger charge is -2.19. The molecule has 3 rings (SSSR count). The lowest BCUT2D eigenvalue weighted by Crippen LogP contribution is -2.29. The fourth-order valence-electron chi connectivity index (χ4n) is 2.94. The Morgan fingerprint density at radius 2 is 1.81 bits per heavy atom. The van der Waals surface area contributed by atoms with E-state index in [1.807, 2.05) is 62.4 Å². The van der Waals surface area contributed by atoms with Gasteiger partial charge in [0.2, 0.25) is 0 Å². The molecule has 0 bridgehead atoms. The lowest BCUT2D eigenvalue weighted by molar-refractivity contribution is -0.113. The number of anilines is 1. The Morgan fingerprint density at radius 3 is 2.50 bits per heavy atom. The van der Waals surface area contributed by atoms with Gasteiger partial charge in [0.15, 0.2) is 0 Å². The Kier molecular flexibility index (Phi) is 5.19. The first-order valence-corrected chi connectivity index (χ1v) is 8.66. The Balaban J connectivity index is 1.95. The zero-order chi connectivity index (χ0) is 18.5. The fourth-order valence-corrected chi connectivity index (χ4v) is 2.94. The van der Waals surface area contributed by atoms with Gasteiger partial charge in [0.05, 0.1) is 5.52 Å². The number of amides is 1. The van der Waals surface area contributed by atoms with Crippen molar-refractivity contribution >= 4 is 22.5 Å². The van der Waals surface area contributed by atoms with Gasteiger partial charge in [-0.05, 0) is 50.2 Å². The van der Waals surface area contributed by atoms with E-state index >= 15 is 0 Å². The summed E-state index contributed by atoms with van der Waals surface area (Å²) >= 11 is 0. The molecule has 0 fully saturated rings. The van der Waals surface area contributed by atoms with Gasteiger partial charge in [-0.15, -0.1) is 0 Å². The number of pyridine rings is 1. The van der Waals surface area contributed by atoms with E-state index in [1.54, 1.807) is 21.6 Å². The minimum atomic E-state index is -0.250. The van der Waals surface area contributed by atoms with E-state index < -0.39 is 0 Å². The van der Waals surface area contributed by atoms with Crippen molar-refractivity contribution in [3.8, 4) is 11.8 Å². The molecule has 0 spiro atoms. The summed E-state index contributed by atoms with van der Waals surface area (Å²) in [6.07, 6.45) is 0. The Hall–Kier alpha value is -3.32. The van der Waals surface area contributed by atoms with Crippen LogP contribution in [0.4, 0.5) is 5.69 Å². The molecule has 0 radical (unpaired) electrons. The predicted octanol–water partition coefficient (Wildman–Crippen LogP) is 3.43. The summed E-state index contributed by atoms with van der Waals surface area (Å²) in [6, 6.07) is 18.5. The number of carbonyl (C=O) groups is 1. The van der Waals surface area contributed by atoms with Crippen LogP contribution in [0, 0.1) is 11.8 Å². The summed E-state index contributed by atoms with van der Waals surface area (Å²) in [5.74, 6) is 5.36. The summed E-state index contributed by atoms with van der Waals surface area (Å²) in [5.41, 5.74) is 2.42. The van der Waals surface area contributed by atoms with Crippen molar-refractivity contribution in [1.29, 1.82) is 0 Å². The van der Waals surface area contributed by atoms with Crippen LogP contribution in [-0.4, -0.2) is 17.0 Å². The van der Waals surface area contributed by atoms with E-state index in [0.717, 1.165) is 22.2 Å². The maximum absolute atomic E-state index is 12.6. The Bertz CT molecular complexity index is 1060. The van der Waals surface area contributed by atoms with Crippen molar-refractivity contribution in [2.75, 3.05) is 11.4 Å². The van der Waals surface area contributed by atoms with Gasteiger partial charge < -0.3 is 9.47 Å². The van der Waals surface area contributed by atoms with Crippen molar-refractivity contribution in [3.63, 3.8) is 0 Å². The van der Waals surface area contributed by atoms with E-state index in [-0.39, 0.29) is 11.5 Å². The summed E-state index contributed by atoms with van der Waals surface area (Å²) < 4.78 is 1.71. The minimum Gasteiger partial charge on any atom is -0.309 e. The molecule has 2 aromatic carbocycles. The normalized spacial score (nSPS) is 10.2. The molecule has 4 heteroatoms. The SMILES string of the molecule is CCN(C(=O)C#Cc1ccccc1)c1ccc2c(ccc(=O)n2CC)c1. The van der Waals surface area contributed by atoms with Crippen molar-refractivity contribution in [2.45, 2.75) is 20.4 Å². The van der Waals surface area contributed by atoms with Crippen LogP contribution in [0.3, 0.4) is 0 Å². The Morgan fingerprint density at radius 1 is 1.04 bits per heavy atom. The average Bonchev–Trinajstić information content (AvgIpc) is 2.68. The van der Waals surface area contributed by atoms with Crippen molar-refractivity contribution in [1.82, 2.24) is 4.57 Å². The highest BCUT2D eigenvalue weighted by Gasteiger charge is 2.13. The first kappa shape index (κ1) is 17.5. The topological polar surface area (TPSA) is 42.3 Å². The molecule has 4 nitrogen and oxygen atoms in total. The molecular formula is C22H20N2O2. The number of benzene rings is 2. The average molecular weight is 344 g/mol. The number of aryl methyl sites for hydroxylation is 1. The molecule has 0 saturated carbocycles. The minimum absolute atomic E-state index is 0.0232. The van der Waals surface area contributed by atoms with E-state index in [1.165, 1.54) is 0 Å². The van der Waals surface area contributed by atoms with E-state index in [4.69, 9.17) is 0 Å². The summed E-state index contributed by atoms with van der Waals surface area (Å²) in [6.45, 7) is 4.98. The number of hydrogen-bond acceptors (Lipinski definition) is 2. The quantitative estimate of drug-likeness (QED) is 0.683. The third-order valence-electron chi connectivity index (χ3n) is 4.25. The molecule has 1 aromatic heterocycles. The maximum atomic E-state index is 12.6. The van der Waals surface area contributed by atoms with Gasteiger partial charge in [0, 0.05) is 41.7 Å². The van der Waals surface area contributed by atoms with Crippen LogP contribution in [0.2, 0.25) is 0 Å². The van der Waals surface area contributed by atoms with Gasteiger partial charge >= 0.3 is 5.91 Å². The van der Waals surface area contributed by atoms with Crippen LogP contribution in [0.25, 0.3) is 10.9 Å². The second kappa shape index (κ2) is 7.71. The summed E-state index contributed by atoms with van der Waals surface area (Å²) in [7, 11) is 0. The lowest BCUT2D eigenvalue weighted by atomic mass is 10.1. The van der Waals surface area contributed by atoms with Crippen LogP contribution in [0.1, 0.15) is 19.4 Å². The van der Waals surface area contributed by atoms with Crippen molar-refractivity contribution < 1.29 is 4.79 Å². The number of carbonyl (C=O) groups excluding carboxylic acids is 1. The molecule has 3 aromatic rings. The highest BCUT2D eigenvalue weighted by atomic mass is 16.2. The smallest absolute Gasteiger partial charge is 0.303 e. The van der Waals surface area contributed by atoms with Gasteiger partial charge in [-0.2, -0.15) is 0 Å². The predicted molar refractivity (Wildman–Crippen MR) is 105 cm³/mol. The van der Waals surface area contributed by atoms with E-state index in [0.29, 0.717) is 13.1 Å². The van der Waals surface area contributed by atoms with Gasteiger partial charge in [0.25, 0.3) is 5.56 Å². The van der Waals surface area contributed by atoms with Crippen LogP contribution in [0.15, 0.2) is 65.5 Å². The summed E-state index contributed by atoms with van der Waals surface area (Å²) in [4.78, 5) is 26.1. The molecule has 0 N–H and O–H groups in total. The molecule has 0 saturated heterocycles. The number of aromatic nitrogens is 1. The van der Waals surface area contributed by atoms with Crippen LogP contribution >= 0.6 is 0 Å². The third-order valence-corrected chi connectivity index (χ3v) is 4.25. The molecular weight excluding hydrogens is 324 g/mol. The number of hydrogen-bond donors (Lipinski definition) is 0. The van der Waals surface area contributed by atoms with Crippen LogP contribution in [0.5, 0.6) is 0 Å². The zero-order valence-corrected chi connectivity index (χ0v) is 14.9. The molecule has 0 aliphatic heterocycles. The number of rotatable bonds is 3. The monoisotopic (exact) mass is 344 g/mol. The number of fused-ring (bicyclic) bond motifs is 1. The zero-order valence-electron chi connectivity index (χ0n) is 14.9. The molecule has 1 amide bonds. The second-order valence-electron chi connectivity index (χ2n) is 5.82. The highest BCUT2D eigenvalue weighted by Crippen LogP contribution is 2.21. The maximum Gasteiger partial charge on any atom is 0.303 e. The Labute approximate surface area is 152 Å². The molecule has 1 heterocycles.